The molecule has 3 rings (SSSR count). The van der Waals surface area contributed by atoms with Gasteiger partial charge in [-0.15, -0.1) is 11.3 Å². The Hall–Kier alpha value is -0.940. The minimum atomic E-state index is -0.00679. The molecule has 2 aliphatic rings. The number of carbonyl (C=O) groups is 1. The molecular formula is C14H20N2O2S. The lowest BCUT2D eigenvalue weighted by atomic mass is 9.92. The number of aryl methyl sites for hydroxylation is 1. The fourth-order valence-corrected chi connectivity index (χ4v) is 3.84. The molecule has 104 valence electrons. The van der Waals surface area contributed by atoms with E-state index in [1.807, 2.05) is 17.3 Å². The first-order valence-electron chi connectivity index (χ1n) is 6.99. The highest BCUT2D eigenvalue weighted by Crippen LogP contribution is 2.36. The first kappa shape index (κ1) is 13.1. The van der Waals surface area contributed by atoms with Gasteiger partial charge in [0.2, 0.25) is 5.91 Å². The Bertz CT molecular complexity index is 466. The predicted molar refractivity (Wildman–Crippen MR) is 74.0 cm³/mol. The van der Waals surface area contributed by atoms with Gasteiger partial charge in [0, 0.05) is 24.4 Å². The number of rotatable bonds is 2. The molecule has 2 fully saturated rings. The summed E-state index contributed by atoms with van der Waals surface area (Å²) < 4.78 is 5.93. The molecule has 0 aliphatic carbocycles. The molecule has 0 saturated carbocycles. The number of thiazole rings is 1. The van der Waals surface area contributed by atoms with Gasteiger partial charge in [0.05, 0.1) is 23.4 Å². The van der Waals surface area contributed by atoms with E-state index in [1.165, 1.54) is 4.88 Å². The highest BCUT2D eigenvalue weighted by atomic mass is 32.1. The highest BCUT2D eigenvalue weighted by molar-refractivity contribution is 7.09. The van der Waals surface area contributed by atoms with Gasteiger partial charge in [-0.3, -0.25) is 4.79 Å². The monoisotopic (exact) mass is 280 g/mol. The zero-order valence-corrected chi connectivity index (χ0v) is 12.2. The molecule has 0 bridgehead atoms. The fourth-order valence-electron chi connectivity index (χ4n) is 3.05. The van der Waals surface area contributed by atoms with Crippen LogP contribution in [0.1, 0.15) is 42.7 Å². The summed E-state index contributed by atoms with van der Waals surface area (Å²) in [5.74, 6) is 0.264. The van der Waals surface area contributed by atoms with Crippen molar-refractivity contribution in [3.63, 3.8) is 0 Å². The van der Waals surface area contributed by atoms with E-state index in [4.69, 9.17) is 4.74 Å². The van der Waals surface area contributed by atoms with Crippen LogP contribution in [-0.2, 0) is 16.1 Å². The van der Waals surface area contributed by atoms with Gasteiger partial charge >= 0.3 is 0 Å². The van der Waals surface area contributed by atoms with E-state index in [0.717, 1.165) is 44.5 Å². The first-order valence-corrected chi connectivity index (χ1v) is 7.87. The van der Waals surface area contributed by atoms with Crippen molar-refractivity contribution in [3.05, 3.63) is 16.1 Å². The topological polar surface area (TPSA) is 42.4 Å². The first-order chi connectivity index (χ1) is 9.19. The van der Waals surface area contributed by atoms with Crippen LogP contribution in [0.2, 0.25) is 0 Å². The molecule has 1 atom stereocenters. The largest absolute Gasteiger partial charge is 0.375 e. The molecule has 5 heteroatoms. The summed E-state index contributed by atoms with van der Waals surface area (Å²) in [5.41, 5.74) is 2.90. The van der Waals surface area contributed by atoms with Crippen molar-refractivity contribution in [1.29, 1.82) is 0 Å². The Balaban J connectivity index is 1.69. The summed E-state index contributed by atoms with van der Waals surface area (Å²) >= 11 is 1.64. The van der Waals surface area contributed by atoms with E-state index in [9.17, 15) is 4.79 Å². The normalized spacial score (nSPS) is 28.1. The van der Waals surface area contributed by atoms with Crippen LogP contribution < -0.4 is 0 Å². The molecule has 0 aromatic carbocycles. The van der Waals surface area contributed by atoms with Crippen LogP contribution in [0.15, 0.2) is 5.51 Å². The maximum atomic E-state index is 12.2. The third-order valence-electron chi connectivity index (χ3n) is 4.35. The van der Waals surface area contributed by atoms with Crippen molar-refractivity contribution < 1.29 is 9.53 Å². The second-order valence-electron chi connectivity index (χ2n) is 5.56. The third kappa shape index (κ3) is 2.67. The van der Waals surface area contributed by atoms with Crippen LogP contribution in [0.4, 0.5) is 0 Å². The molecular weight excluding hydrogens is 260 g/mol. The maximum Gasteiger partial charge on any atom is 0.223 e. The molecule has 19 heavy (non-hydrogen) atoms. The Morgan fingerprint density at radius 3 is 3.05 bits per heavy atom. The van der Waals surface area contributed by atoms with E-state index in [-0.39, 0.29) is 11.5 Å². The number of likely N-dealkylation sites (tertiary alicyclic amines) is 1. The number of carbonyl (C=O) groups excluding carboxylic acids is 1. The van der Waals surface area contributed by atoms with Gasteiger partial charge in [-0.05, 0) is 32.6 Å². The van der Waals surface area contributed by atoms with Gasteiger partial charge in [0.15, 0.2) is 0 Å². The average molecular weight is 280 g/mol. The summed E-state index contributed by atoms with van der Waals surface area (Å²) in [7, 11) is 0. The van der Waals surface area contributed by atoms with E-state index in [2.05, 4.69) is 4.98 Å². The highest BCUT2D eigenvalue weighted by Gasteiger charge is 2.38. The summed E-state index contributed by atoms with van der Waals surface area (Å²) in [6.45, 7) is 4.40. The van der Waals surface area contributed by atoms with E-state index < -0.39 is 0 Å². The lowest BCUT2D eigenvalue weighted by Gasteiger charge is -2.26. The number of aromatic nitrogens is 1. The van der Waals surface area contributed by atoms with Gasteiger partial charge in [-0.1, -0.05) is 0 Å². The lowest BCUT2D eigenvalue weighted by molar-refractivity contribution is -0.131. The standard InChI is InChI=1S/C14H20N2O2S/c1-11-12(19-10-15-11)9-16-7-6-14(4-2-8-18-14)5-3-13(16)17/h10H,2-9H2,1H3/t14-/m0/s1. The molecule has 1 aromatic heterocycles. The molecule has 2 saturated heterocycles. The molecule has 3 heterocycles. The molecule has 1 aromatic rings. The van der Waals surface area contributed by atoms with Crippen molar-refractivity contribution in [1.82, 2.24) is 9.88 Å². The van der Waals surface area contributed by atoms with Crippen molar-refractivity contribution >= 4 is 17.2 Å². The third-order valence-corrected chi connectivity index (χ3v) is 5.27. The van der Waals surface area contributed by atoms with E-state index in [1.54, 1.807) is 11.3 Å². The maximum absolute atomic E-state index is 12.2. The fraction of sp³-hybridized carbons (Fsp3) is 0.714. The van der Waals surface area contributed by atoms with Crippen molar-refractivity contribution in [3.8, 4) is 0 Å². The minimum Gasteiger partial charge on any atom is -0.375 e. The second kappa shape index (κ2) is 5.21. The molecule has 1 spiro atoms. The van der Waals surface area contributed by atoms with Crippen molar-refractivity contribution in [2.45, 2.75) is 51.2 Å². The van der Waals surface area contributed by atoms with Crippen LogP contribution in [0, 0.1) is 6.92 Å². The Morgan fingerprint density at radius 1 is 1.47 bits per heavy atom. The molecule has 4 nitrogen and oxygen atoms in total. The molecule has 0 N–H and O–H groups in total. The molecule has 1 amide bonds. The van der Waals surface area contributed by atoms with Crippen LogP contribution in [0.25, 0.3) is 0 Å². The van der Waals surface area contributed by atoms with Crippen LogP contribution in [0.5, 0.6) is 0 Å². The summed E-state index contributed by atoms with van der Waals surface area (Å²) in [4.78, 5) is 19.7. The SMILES string of the molecule is Cc1ncsc1CN1CC[C@]2(CCCO2)CCC1=O. The minimum absolute atomic E-state index is 0.00679. The van der Waals surface area contributed by atoms with Gasteiger partial charge in [0.25, 0.3) is 0 Å². The smallest absolute Gasteiger partial charge is 0.223 e. The number of hydrogen-bond donors (Lipinski definition) is 0. The molecule has 0 radical (unpaired) electrons. The van der Waals surface area contributed by atoms with Gasteiger partial charge in [-0.2, -0.15) is 0 Å². The Labute approximate surface area is 117 Å². The average Bonchev–Trinajstić information content (AvgIpc) is 2.98. The number of ether oxygens (including phenoxy) is 1. The summed E-state index contributed by atoms with van der Waals surface area (Å²) in [6, 6.07) is 0. The van der Waals surface area contributed by atoms with Crippen LogP contribution >= 0.6 is 11.3 Å². The van der Waals surface area contributed by atoms with Crippen molar-refractivity contribution in [2.24, 2.45) is 0 Å². The zero-order chi connectivity index (χ0) is 13.3. The molecule has 0 unspecified atom stereocenters. The predicted octanol–water partition coefficient (Wildman–Crippen LogP) is 2.51. The van der Waals surface area contributed by atoms with Gasteiger partial charge < -0.3 is 9.64 Å². The van der Waals surface area contributed by atoms with E-state index >= 15 is 0 Å². The number of nitrogens with zero attached hydrogens (tertiary/aromatic N) is 2. The Morgan fingerprint density at radius 2 is 2.37 bits per heavy atom. The molecule has 2 aliphatic heterocycles. The van der Waals surface area contributed by atoms with Crippen LogP contribution in [0.3, 0.4) is 0 Å². The van der Waals surface area contributed by atoms with Gasteiger partial charge in [-0.25, -0.2) is 4.98 Å². The van der Waals surface area contributed by atoms with Gasteiger partial charge in [0.1, 0.15) is 0 Å². The van der Waals surface area contributed by atoms with Crippen molar-refractivity contribution in [2.75, 3.05) is 13.2 Å². The summed E-state index contributed by atoms with van der Waals surface area (Å²) in [6.07, 6.45) is 4.76. The number of amides is 1. The summed E-state index contributed by atoms with van der Waals surface area (Å²) in [5, 5.41) is 0. The van der Waals surface area contributed by atoms with E-state index in [0.29, 0.717) is 13.0 Å². The Kier molecular flexibility index (Phi) is 3.58. The van der Waals surface area contributed by atoms with Crippen LogP contribution in [-0.4, -0.2) is 34.5 Å². The zero-order valence-electron chi connectivity index (χ0n) is 11.4. The number of hydrogen-bond acceptors (Lipinski definition) is 4. The second-order valence-corrected chi connectivity index (χ2v) is 6.50. The quantitative estimate of drug-likeness (QED) is 0.836. The lowest BCUT2D eigenvalue weighted by Crippen LogP contribution is -2.32.